The Hall–Kier alpha value is -1.33. The largest absolute Gasteiger partial charge is 0.478 e. The second-order valence-electron chi connectivity index (χ2n) is 4.06. The molecule has 0 fully saturated rings. The molecule has 1 unspecified atom stereocenters. The summed E-state index contributed by atoms with van der Waals surface area (Å²) >= 11 is 0. The predicted molar refractivity (Wildman–Crippen MR) is 58.3 cm³/mol. The van der Waals surface area contributed by atoms with Crippen LogP contribution in [0.3, 0.4) is 0 Å². The van der Waals surface area contributed by atoms with Crippen LogP contribution >= 0.6 is 0 Å². The van der Waals surface area contributed by atoms with E-state index in [0.29, 0.717) is 25.3 Å². The highest BCUT2D eigenvalue weighted by Crippen LogP contribution is 2.09. The van der Waals surface area contributed by atoms with E-state index in [-0.39, 0.29) is 5.56 Å². The number of hydrogen-bond donors (Lipinski definition) is 3. The molecule has 3 N–H and O–H groups in total. The molecular weight excluding hydrogens is 210 g/mol. The number of rotatable bonds is 6. The van der Waals surface area contributed by atoms with Gasteiger partial charge >= 0.3 is 5.97 Å². The fourth-order valence-corrected chi connectivity index (χ4v) is 1.17. The number of nitrogens with one attached hydrogen (secondary N) is 1. The van der Waals surface area contributed by atoms with Crippen LogP contribution in [-0.4, -0.2) is 28.3 Å². The van der Waals surface area contributed by atoms with E-state index in [1.165, 1.54) is 12.3 Å². The first-order chi connectivity index (χ1) is 7.44. The van der Waals surface area contributed by atoms with Gasteiger partial charge in [-0.05, 0) is 19.4 Å². The van der Waals surface area contributed by atoms with Crippen molar-refractivity contribution in [3.8, 4) is 0 Å². The van der Waals surface area contributed by atoms with Crippen molar-refractivity contribution in [1.82, 2.24) is 5.32 Å². The lowest BCUT2D eigenvalue weighted by molar-refractivity contribution is 0.0551. The molecule has 1 atom stereocenters. The summed E-state index contributed by atoms with van der Waals surface area (Å²) < 4.78 is 5.05. The van der Waals surface area contributed by atoms with Gasteiger partial charge in [-0.25, -0.2) is 4.79 Å². The molecule has 1 aromatic rings. The molecule has 90 valence electrons. The van der Waals surface area contributed by atoms with Crippen molar-refractivity contribution in [1.29, 1.82) is 0 Å². The quantitative estimate of drug-likeness (QED) is 0.680. The topological polar surface area (TPSA) is 82.7 Å². The van der Waals surface area contributed by atoms with Crippen LogP contribution in [0.25, 0.3) is 0 Å². The molecule has 1 heterocycles. The standard InChI is InChI=1S/C11H17NO4/c1-3-11(2,15)7-12-5-9-4-8(6-16-9)10(13)14/h4,6,12,15H,3,5,7H2,1-2H3,(H,13,14). The number of aliphatic hydroxyl groups is 1. The van der Waals surface area contributed by atoms with Crippen molar-refractivity contribution < 1.29 is 19.4 Å². The van der Waals surface area contributed by atoms with Crippen LogP contribution in [0, 0.1) is 0 Å². The summed E-state index contributed by atoms with van der Waals surface area (Å²) in [6.45, 7) is 4.48. The maximum Gasteiger partial charge on any atom is 0.338 e. The minimum atomic E-state index is -1.00. The molecule has 0 aliphatic heterocycles. The number of furan rings is 1. The van der Waals surface area contributed by atoms with Crippen molar-refractivity contribution in [2.75, 3.05) is 6.54 Å². The molecule has 0 aromatic carbocycles. The number of hydrogen-bond acceptors (Lipinski definition) is 4. The van der Waals surface area contributed by atoms with Gasteiger partial charge in [0.25, 0.3) is 0 Å². The molecule has 5 heteroatoms. The highest BCUT2D eigenvalue weighted by Gasteiger charge is 2.16. The van der Waals surface area contributed by atoms with Gasteiger partial charge < -0.3 is 19.9 Å². The van der Waals surface area contributed by atoms with Gasteiger partial charge in [0, 0.05) is 6.54 Å². The van der Waals surface area contributed by atoms with Crippen molar-refractivity contribution in [2.24, 2.45) is 0 Å². The SMILES string of the molecule is CCC(C)(O)CNCc1cc(C(=O)O)co1. The lowest BCUT2D eigenvalue weighted by atomic mass is 10.0. The zero-order valence-electron chi connectivity index (χ0n) is 9.49. The number of carboxylic acids is 1. The van der Waals surface area contributed by atoms with Crippen LogP contribution in [-0.2, 0) is 6.54 Å². The smallest absolute Gasteiger partial charge is 0.338 e. The van der Waals surface area contributed by atoms with Crippen molar-refractivity contribution >= 4 is 5.97 Å². The maximum absolute atomic E-state index is 10.6. The normalized spacial score (nSPS) is 14.7. The van der Waals surface area contributed by atoms with Gasteiger partial charge in [-0.3, -0.25) is 0 Å². The summed E-state index contributed by atoms with van der Waals surface area (Å²) in [6.07, 6.45) is 1.86. The van der Waals surface area contributed by atoms with Crippen LogP contribution in [0.1, 0.15) is 36.4 Å². The average Bonchev–Trinajstić information content (AvgIpc) is 2.66. The summed E-state index contributed by atoms with van der Waals surface area (Å²) in [5, 5.41) is 21.4. The highest BCUT2D eigenvalue weighted by atomic mass is 16.4. The second-order valence-corrected chi connectivity index (χ2v) is 4.06. The first-order valence-electron chi connectivity index (χ1n) is 5.18. The Morgan fingerprint density at radius 2 is 2.31 bits per heavy atom. The molecule has 16 heavy (non-hydrogen) atoms. The van der Waals surface area contributed by atoms with E-state index in [1.54, 1.807) is 6.92 Å². The lowest BCUT2D eigenvalue weighted by Gasteiger charge is -2.21. The number of carbonyl (C=O) groups is 1. The van der Waals surface area contributed by atoms with E-state index in [1.807, 2.05) is 6.92 Å². The third-order valence-corrected chi connectivity index (χ3v) is 2.47. The molecule has 0 radical (unpaired) electrons. The Morgan fingerprint density at radius 3 is 2.81 bits per heavy atom. The van der Waals surface area contributed by atoms with Crippen molar-refractivity contribution in [2.45, 2.75) is 32.4 Å². The van der Waals surface area contributed by atoms with E-state index in [0.717, 1.165) is 0 Å². The average molecular weight is 227 g/mol. The van der Waals surface area contributed by atoms with Crippen LogP contribution in [0.15, 0.2) is 16.7 Å². The van der Waals surface area contributed by atoms with Gasteiger partial charge in [0.2, 0.25) is 0 Å². The van der Waals surface area contributed by atoms with Crippen molar-refractivity contribution in [3.63, 3.8) is 0 Å². The molecule has 0 aliphatic rings. The highest BCUT2D eigenvalue weighted by molar-refractivity contribution is 5.87. The number of aromatic carboxylic acids is 1. The minimum absolute atomic E-state index is 0.138. The summed E-state index contributed by atoms with van der Waals surface area (Å²) in [4.78, 5) is 10.6. The molecule has 0 bridgehead atoms. The third-order valence-electron chi connectivity index (χ3n) is 2.47. The van der Waals surface area contributed by atoms with Crippen LogP contribution in [0.4, 0.5) is 0 Å². The first-order valence-corrected chi connectivity index (χ1v) is 5.18. The second kappa shape index (κ2) is 5.14. The Labute approximate surface area is 94.1 Å². The number of carboxylic acid groups (broad SMARTS) is 1. The van der Waals surface area contributed by atoms with Crippen LogP contribution < -0.4 is 5.32 Å². The van der Waals surface area contributed by atoms with Crippen LogP contribution in [0.5, 0.6) is 0 Å². The third kappa shape index (κ3) is 3.67. The van der Waals surface area contributed by atoms with Gasteiger partial charge in [0.15, 0.2) is 0 Å². The maximum atomic E-state index is 10.6. The lowest BCUT2D eigenvalue weighted by Crippen LogP contribution is -2.36. The van der Waals surface area contributed by atoms with E-state index >= 15 is 0 Å². The Morgan fingerprint density at radius 1 is 1.62 bits per heavy atom. The summed E-state index contributed by atoms with van der Waals surface area (Å²) in [5.41, 5.74) is -0.610. The Bertz CT molecular complexity index is 357. The molecule has 0 saturated heterocycles. The minimum Gasteiger partial charge on any atom is -0.478 e. The fourth-order valence-electron chi connectivity index (χ4n) is 1.17. The molecule has 0 spiro atoms. The van der Waals surface area contributed by atoms with Gasteiger partial charge in [-0.15, -0.1) is 0 Å². The molecule has 0 aliphatic carbocycles. The van der Waals surface area contributed by atoms with E-state index in [9.17, 15) is 9.90 Å². The Balaban J connectivity index is 2.40. The fraction of sp³-hybridized carbons (Fsp3) is 0.545. The molecular formula is C11H17NO4. The predicted octanol–water partition coefficient (Wildman–Crippen LogP) is 1.23. The van der Waals surface area contributed by atoms with E-state index in [4.69, 9.17) is 9.52 Å². The van der Waals surface area contributed by atoms with Gasteiger partial charge in [0.1, 0.15) is 12.0 Å². The monoisotopic (exact) mass is 227 g/mol. The first kappa shape index (κ1) is 12.7. The van der Waals surface area contributed by atoms with Gasteiger partial charge in [-0.1, -0.05) is 6.92 Å². The van der Waals surface area contributed by atoms with Crippen LogP contribution in [0.2, 0.25) is 0 Å². The molecule has 1 rings (SSSR count). The summed E-state index contributed by atoms with van der Waals surface area (Å²) in [7, 11) is 0. The summed E-state index contributed by atoms with van der Waals surface area (Å²) in [6, 6.07) is 1.47. The molecule has 1 aromatic heterocycles. The summed E-state index contributed by atoms with van der Waals surface area (Å²) in [5.74, 6) is -0.458. The zero-order valence-corrected chi connectivity index (χ0v) is 9.49. The Kier molecular flexibility index (Phi) is 4.09. The van der Waals surface area contributed by atoms with Gasteiger partial charge in [0.05, 0.1) is 17.7 Å². The van der Waals surface area contributed by atoms with E-state index in [2.05, 4.69) is 5.32 Å². The van der Waals surface area contributed by atoms with Crippen molar-refractivity contribution in [3.05, 3.63) is 23.7 Å². The molecule has 0 saturated carbocycles. The van der Waals surface area contributed by atoms with E-state index < -0.39 is 11.6 Å². The zero-order chi connectivity index (χ0) is 12.2. The van der Waals surface area contributed by atoms with Gasteiger partial charge in [-0.2, -0.15) is 0 Å². The molecule has 5 nitrogen and oxygen atoms in total. The molecule has 0 amide bonds.